The van der Waals surface area contributed by atoms with E-state index in [0.29, 0.717) is 0 Å². The van der Waals surface area contributed by atoms with Crippen LogP contribution in [0.3, 0.4) is 0 Å². The van der Waals surface area contributed by atoms with Crippen molar-refractivity contribution in [2.24, 2.45) is 0 Å². The second-order valence-corrected chi connectivity index (χ2v) is 1.35. The zero-order chi connectivity index (χ0) is 4.24. The van der Waals surface area contributed by atoms with Gasteiger partial charge < -0.3 is 2.85 Å². The van der Waals surface area contributed by atoms with Gasteiger partial charge in [-0.1, -0.05) is 0 Å². The van der Waals surface area contributed by atoms with Gasteiger partial charge in [-0.15, -0.1) is 12.4 Å². The van der Waals surface area contributed by atoms with Gasteiger partial charge >= 0.3 is 23.1 Å². The summed E-state index contributed by atoms with van der Waals surface area (Å²) >= 11 is 0. The molecule has 0 saturated carbocycles. The summed E-state index contributed by atoms with van der Waals surface area (Å²) in [4.78, 5) is 9.14. The van der Waals surface area contributed by atoms with E-state index < -0.39 is 0 Å². The molecule has 0 radical (unpaired) electrons. The first-order chi connectivity index (χ1) is 3.00. The van der Waals surface area contributed by atoms with E-state index in [-0.39, 0.29) is 38.3 Å². The number of hydrogen-bond donors (Lipinski definition) is 0. The molecule has 0 aromatic heterocycles. The van der Waals surface area contributed by atoms with Gasteiger partial charge in [0.2, 0.25) is 0 Å². The molecular formula is C4H11ClMgO2. The molecule has 1 rings (SSSR count). The summed E-state index contributed by atoms with van der Waals surface area (Å²) < 4.78 is 0. The van der Waals surface area contributed by atoms with Crippen molar-refractivity contribution >= 4 is 35.5 Å². The molecule has 1 saturated heterocycles. The molecule has 0 aromatic rings. The van der Waals surface area contributed by atoms with E-state index in [2.05, 4.69) is 9.78 Å². The van der Waals surface area contributed by atoms with E-state index in [0.717, 1.165) is 26.1 Å². The number of hydrogen-bond acceptors (Lipinski definition) is 2. The Bertz CT molecular complexity index is 36.7. The topological polar surface area (TPSA) is 18.5 Å². The fourth-order valence-corrected chi connectivity index (χ4v) is 0.440. The normalized spacial score (nSPS) is 18.0. The summed E-state index contributed by atoms with van der Waals surface area (Å²) in [6.07, 6.45) is 2.31. The van der Waals surface area contributed by atoms with Gasteiger partial charge in [-0.05, 0) is 12.8 Å². The molecule has 2 nitrogen and oxygen atoms in total. The Morgan fingerprint density at radius 2 is 1.38 bits per heavy atom. The molecule has 0 unspecified atom stereocenters. The molecule has 0 aliphatic carbocycles. The quantitative estimate of drug-likeness (QED) is 0.379. The van der Waals surface area contributed by atoms with Gasteiger partial charge in [0.1, 0.15) is 0 Å². The minimum atomic E-state index is 0. The molecule has 0 amide bonds. The fraction of sp³-hybridized carbons (Fsp3) is 1.00. The van der Waals surface area contributed by atoms with Gasteiger partial charge in [-0.2, -0.15) is 0 Å². The van der Waals surface area contributed by atoms with Crippen LogP contribution in [0.1, 0.15) is 15.7 Å². The molecule has 1 heterocycles. The van der Waals surface area contributed by atoms with Gasteiger partial charge in [0, 0.05) is 0 Å². The van der Waals surface area contributed by atoms with Crippen molar-refractivity contribution in [1.29, 1.82) is 0 Å². The Kier molecular flexibility index (Phi) is 11.7. The Labute approximate surface area is 74.4 Å². The predicted molar refractivity (Wildman–Crippen MR) is 36.4 cm³/mol. The van der Waals surface area contributed by atoms with E-state index in [9.17, 15) is 0 Å². The molecule has 48 valence electrons. The van der Waals surface area contributed by atoms with Crippen LogP contribution in [0.15, 0.2) is 0 Å². The smallest absolute Gasteiger partial charge is 1.00 e. The number of rotatable bonds is 0. The molecular weight excluding hydrogens is 140 g/mol. The van der Waals surface area contributed by atoms with Crippen LogP contribution < -0.4 is 0 Å². The van der Waals surface area contributed by atoms with E-state index in [1.54, 1.807) is 0 Å². The molecule has 8 heavy (non-hydrogen) atoms. The van der Waals surface area contributed by atoms with E-state index >= 15 is 0 Å². The minimum absolute atomic E-state index is 0. The Morgan fingerprint density at radius 1 is 1.00 bits per heavy atom. The molecule has 0 aromatic carbocycles. The van der Waals surface area contributed by atoms with Gasteiger partial charge in [-0.25, -0.2) is 9.78 Å². The van der Waals surface area contributed by atoms with Crippen LogP contribution in [0.5, 0.6) is 0 Å². The SMILES string of the molecule is C1CCOOC1.Cl.[H-].[H-].[Mg+2]. The van der Waals surface area contributed by atoms with E-state index in [1.165, 1.54) is 0 Å². The first-order valence-electron chi connectivity index (χ1n) is 2.24. The second-order valence-electron chi connectivity index (χ2n) is 1.35. The Balaban J connectivity index is -0.0000000450. The van der Waals surface area contributed by atoms with Gasteiger partial charge in [0.25, 0.3) is 0 Å². The van der Waals surface area contributed by atoms with Crippen LogP contribution in [0.25, 0.3) is 0 Å². The summed E-state index contributed by atoms with van der Waals surface area (Å²) in [5, 5.41) is 0. The molecule has 0 N–H and O–H groups in total. The molecule has 0 atom stereocenters. The van der Waals surface area contributed by atoms with Gasteiger partial charge in [-0.3, -0.25) is 0 Å². The largest absolute Gasteiger partial charge is 2.00 e. The average Bonchev–Trinajstić information content (AvgIpc) is 1.72. The molecule has 1 aliphatic rings. The first kappa shape index (κ1) is 11.7. The maximum absolute atomic E-state index is 4.57. The Hall–Kier alpha value is 0.976. The standard InChI is InChI=1S/C4H8O2.ClH.Mg.2H/c1-2-4-6-5-3-1;;;;/h1-4H2;1H;;;/q;;+2;2*-1. The maximum atomic E-state index is 4.57. The second kappa shape index (κ2) is 7.98. The zero-order valence-corrected chi connectivity index (χ0v) is 6.99. The summed E-state index contributed by atoms with van der Waals surface area (Å²) in [6, 6.07) is 0. The van der Waals surface area contributed by atoms with Gasteiger partial charge in [0.05, 0.1) is 13.2 Å². The van der Waals surface area contributed by atoms with Crippen LogP contribution >= 0.6 is 12.4 Å². The molecule has 1 aliphatic heterocycles. The van der Waals surface area contributed by atoms with Crippen molar-refractivity contribution in [2.45, 2.75) is 12.8 Å². The molecule has 4 heteroatoms. The molecule has 1 fully saturated rings. The zero-order valence-electron chi connectivity index (χ0n) is 6.76. The van der Waals surface area contributed by atoms with Crippen LogP contribution in [0.2, 0.25) is 0 Å². The van der Waals surface area contributed by atoms with Crippen molar-refractivity contribution in [3.05, 3.63) is 0 Å². The predicted octanol–water partition coefficient (Wildman–Crippen LogP) is 0.994. The van der Waals surface area contributed by atoms with Crippen molar-refractivity contribution in [3.8, 4) is 0 Å². The first-order valence-corrected chi connectivity index (χ1v) is 2.24. The van der Waals surface area contributed by atoms with Crippen molar-refractivity contribution in [3.63, 3.8) is 0 Å². The number of halogens is 1. The van der Waals surface area contributed by atoms with Crippen molar-refractivity contribution in [2.75, 3.05) is 13.2 Å². The molecule has 0 spiro atoms. The fourth-order valence-electron chi connectivity index (χ4n) is 0.440. The van der Waals surface area contributed by atoms with E-state index in [4.69, 9.17) is 0 Å². The van der Waals surface area contributed by atoms with Crippen LogP contribution in [0, 0.1) is 0 Å². The average molecular weight is 151 g/mol. The summed E-state index contributed by atoms with van der Waals surface area (Å²) in [5.41, 5.74) is 0. The minimum Gasteiger partial charge on any atom is -1.00 e. The summed E-state index contributed by atoms with van der Waals surface area (Å²) in [6.45, 7) is 1.56. The maximum Gasteiger partial charge on any atom is 2.00 e. The van der Waals surface area contributed by atoms with Crippen LogP contribution in [0.4, 0.5) is 0 Å². The third-order valence-electron chi connectivity index (χ3n) is 0.789. The summed E-state index contributed by atoms with van der Waals surface area (Å²) in [7, 11) is 0. The van der Waals surface area contributed by atoms with Gasteiger partial charge in [0.15, 0.2) is 0 Å². The van der Waals surface area contributed by atoms with Crippen molar-refractivity contribution in [1.82, 2.24) is 0 Å². The van der Waals surface area contributed by atoms with E-state index in [1.807, 2.05) is 0 Å². The Morgan fingerprint density at radius 3 is 1.50 bits per heavy atom. The van der Waals surface area contributed by atoms with Crippen LogP contribution in [-0.2, 0) is 9.78 Å². The third-order valence-corrected chi connectivity index (χ3v) is 0.789. The van der Waals surface area contributed by atoms with Crippen molar-refractivity contribution < 1.29 is 12.6 Å². The summed E-state index contributed by atoms with van der Waals surface area (Å²) in [5.74, 6) is 0. The molecule has 0 bridgehead atoms. The monoisotopic (exact) mass is 150 g/mol. The third kappa shape index (κ3) is 5.12. The van der Waals surface area contributed by atoms with Crippen LogP contribution in [-0.4, -0.2) is 36.3 Å².